The monoisotopic (exact) mass is 264 g/mol. The van der Waals surface area contributed by atoms with Crippen LogP contribution in [-0.2, 0) is 6.54 Å². The number of nitrogens with zero attached hydrogens (tertiary/aromatic N) is 1. The molecule has 4 heteroatoms. The minimum Gasteiger partial charge on any atom is -0.454 e. The van der Waals surface area contributed by atoms with Gasteiger partial charge in [0, 0.05) is 6.54 Å². The van der Waals surface area contributed by atoms with Crippen molar-refractivity contribution in [1.82, 2.24) is 10.2 Å². The summed E-state index contributed by atoms with van der Waals surface area (Å²) in [5.74, 6) is 1.75. The van der Waals surface area contributed by atoms with Crippen molar-refractivity contribution in [2.24, 2.45) is 0 Å². The summed E-state index contributed by atoms with van der Waals surface area (Å²) >= 11 is 0. The molecule has 2 rings (SSSR count). The molecular weight excluding hydrogens is 240 g/mol. The molecule has 0 fully saturated rings. The molecule has 1 N–H and O–H groups in total. The van der Waals surface area contributed by atoms with Crippen molar-refractivity contribution in [3.63, 3.8) is 0 Å². The van der Waals surface area contributed by atoms with E-state index in [1.54, 1.807) is 0 Å². The van der Waals surface area contributed by atoms with Crippen LogP contribution >= 0.6 is 0 Å². The van der Waals surface area contributed by atoms with Gasteiger partial charge in [-0.05, 0) is 70.2 Å². The Labute approximate surface area is 115 Å². The molecule has 4 nitrogen and oxygen atoms in total. The van der Waals surface area contributed by atoms with Gasteiger partial charge in [0.1, 0.15) is 0 Å². The van der Waals surface area contributed by atoms with Gasteiger partial charge in [-0.2, -0.15) is 0 Å². The van der Waals surface area contributed by atoms with Crippen molar-refractivity contribution in [3.05, 3.63) is 23.3 Å². The minimum atomic E-state index is 0.345. The number of rotatable bonds is 7. The number of fused-ring (bicyclic) bond motifs is 1. The third-order valence-electron chi connectivity index (χ3n) is 3.49. The largest absolute Gasteiger partial charge is 0.454 e. The van der Waals surface area contributed by atoms with E-state index in [1.807, 2.05) is 7.05 Å². The van der Waals surface area contributed by atoms with Gasteiger partial charge in [-0.1, -0.05) is 0 Å². The zero-order valence-corrected chi connectivity index (χ0v) is 12.2. The zero-order chi connectivity index (χ0) is 13.7. The average molecular weight is 264 g/mol. The molecule has 0 spiro atoms. The SMILES string of the molecule is CNCCCCN(C)Cc1cc2c(cc1C)OCO2. The van der Waals surface area contributed by atoms with Crippen LogP contribution < -0.4 is 14.8 Å². The highest BCUT2D eigenvalue weighted by Crippen LogP contribution is 2.34. The fourth-order valence-corrected chi connectivity index (χ4v) is 2.31. The number of benzene rings is 1. The summed E-state index contributed by atoms with van der Waals surface area (Å²) in [6.07, 6.45) is 2.45. The lowest BCUT2D eigenvalue weighted by Crippen LogP contribution is -2.20. The topological polar surface area (TPSA) is 33.7 Å². The molecule has 1 aromatic rings. The van der Waals surface area contributed by atoms with E-state index in [2.05, 4.69) is 36.3 Å². The molecule has 0 aliphatic carbocycles. The lowest BCUT2D eigenvalue weighted by molar-refractivity contribution is 0.174. The minimum absolute atomic E-state index is 0.345. The van der Waals surface area contributed by atoms with Gasteiger partial charge in [0.15, 0.2) is 11.5 Å². The third-order valence-corrected chi connectivity index (χ3v) is 3.49. The first-order valence-electron chi connectivity index (χ1n) is 6.93. The van der Waals surface area contributed by atoms with Gasteiger partial charge in [-0.3, -0.25) is 0 Å². The van der Waals surface area contributed by atoms with Crippen molar-refractivity contribution in [2.75, 3.05) is 34.0 Å². The molecule has 0 radical (unpaired) electrons. The third kappa shape index (κ3) is 3.85. The second-order valence-corrected chi connectivity index (χ2v) is 5.18. The first kappa shape index (κ1) is 14.2. The average Bonchev–Trinajstić information content (AvgIpc) is 2.82. The zero-order valence-electron chi connectivity index (χ0n) is 12.2. The Morgan fingerprint density at radius 3 is 2.68 bits per heavy atom. The highest BCUT2D eigenvalue weighted by molar-refractivity contribution is 5.48. The number of ether oxygens (including phenoxy) is 2. The van der Waals surface area contributed by atoms with Crippen LogP contribution in [0.25, 0.3) is 0 Å². The van der Waals surface area contributed by atoms with Crippen LogP contribution in [0, 0.1) is 6.92 Å². The molecule has 0 amide bonds. The highest BCUT2D eigenvalue weighted by Gasteiger charge is 2.16. The fourth-order valence-electron chi connectivity index (χ4n) is 2.31. The van der Waals surface area contributed by atoms with Crippen molar-refractivity contribution < 1.29 is 9.47 Å². The lowest BCUT2D eigenvalue weighted by atomic mass is 10.1. The van der Waals surface area contributed by atoms with Crippen LogP contribution in [0.2, 0.25) is 0 Å². The van der Waals surface area contributed by atoms with E-state index in [0.717, 1.165) is 31.1 Å². The second kappa shape index (κ2) is 6.78. The van der Waals surface area contributed by atoms with E-state index in [4.69, 9.17) is 9.47 Å². The predicted octanol–water partition coefficient (Wildman–Crippen LogP) is 2.16. The molecule has 0 saturated carbocycles. The molecule has 1 aromatic carbocycles. The summed E-state index contributed by atoms with van der Waals surface area (Å²) in [5, 5.41) is 3.18. The second-order valence-electron chi connectivity index (χ2n) is 5.18. The van der Waals surface area contributed by atoms with Gasteiger partial charge >= 0.3 is 0 Å². The number of aryl methyl sites for hydroxylation is 1. The molecule has 19 heavy (non-hydrogen) atoms. The van der Waals surface area contributed by atoms with Crippen molar-refractivity contribution >= 4 is 0 Å². The Bertz CT molecular complexity index is 421. The van der Waals surface area contributed by atoms with Crippen LogP contribution in [0.5, 0.6) is 11.5 Å². The van der Waals surface area contributed by atoms with E-state index in [9.17, 15) is 0 Å². The normalized spacial score (nSPS) is 13.3. The van der Waals surface area contributed by atoms with E-state index in [0.29, 0.717) is 6.79 Å². The van der Waals surface area contributed by atoms with E-state index in [1.165, 1.54) is 24.0 Å². The van der Waals surface area contributed by atoms with Crippen molar-refractivity contribution in [2.45, 2.75) is 26.3 Å². The number of nitrogens with one attached hydrogen (secondary N) is 1. The molecular formula is C15H24N2O2. The molecule has 106 valence electrons. The molecule has 0 bridgehead atoms. The molecule has 1 aliphatic heterocycles. The molecule has 0 atom stereocenters. The van der Waals surface area contributed by atoms with Gasteiger partial charge in [0.2, 0.25) is 6.79 Å². The summed E-state index contributed by atoms with van der Waals surface area (Å²) in [4.78, 5) is 2.36. The molecule has 1 heterocycles. The van der Waals surface area contributed by atoms with Crippen LogP contribution in [0.15, 0.2) is 12.1 Å². The van der Waals surface area contributed by atoms with E-state index >= 15 is 0 Å². The van der Waals surface area contributed by atoms with Crippen LogP contribution in [0.3, 0.4) is 0 Å². The Morgan fingerprint density at radius 2 is 1.95 bits per heavy atom. The Kier molecular flexibility index (Phi) is 5.05. The maximum absolute atomic E-state index is 5.44. The van der Waals surface area contributed by atoms with Crippen LogP contribution in [0.1, 0.15) is 24.0 Å². The Balaban J connectivity index is 1.88. The van der Waals surface area contributed by atoms with Gasteiger partial charge in [0.05, 0.1) is 0 Å². The van der Waals surface area contributed by atoms with E-state index in [-0.39, 0.29) is 0 Å². The molecule has 0 aromatic heterocycles. The van der Waals surface area contributed by atoms with Crippen LogP contribution in [0.4, 0.5) is 0 Å². The Hall–Kier alpha value is -1.26. The summed E-state index contributed by atoms with van der Waals surface area (Å²) in [7, 11) is 4.17. The standard InChI is InChI=1S/C15H24N2O2/c1-12-8-14-15(19-11-18-14)9-13(12)10-17(3)7-5-4-6-16-2/h8-9,16H,4-7,10-11H2,1-3H3. The smallest absolute Gasteiger partial charge is 0.231 e. The van der Waals surface area contributed by atoms with Gasteiger partial charge in [-0.25, -0.2) is 0 Å². The molecule has 0 unspecified atom stereocenters. The van der Waals surface area contributed by atoms with Gasteiger partial charge < -0.3 is 19.7 Å². The Morgan fingerprint density at radius 1 is 1.21 bits per heavy atom. The first-order valence-corrected chi connectivity index (χ1v) is 6.93. The summed E-state index contributed by atoms with van der Waals surface area (Å²) in [6.45, 7) is 5.65. The van der Waals surface area contributed by atoms with E-state index < -0.39 is 0 Å². The van der Waals surface area contributed by atoms with Gasteiger partial charge in [-0.15, -0.1) is 0 Å². The highest BCUT2D eigenvalue weighted by atomic mass is 16.7. The van der Waals surface area contributed by atoms with Gasteiger partial charge in [0.25, 0.3) is 0 Å². The maximum Gasteiger partial charge on any atom is 0.231 e. The van der Waals surface area contributed by atoms with Crippen LogP contribution in [-0.4, -0.2) is 38.9 Å². The number of hydrogen-bond donors (Lipinski definition) is 1. The summed E-state index contributed by atoms with van der Waals surface area (Å²) in [5.41, 5.74) is 2.59. The summed E-state index contributed by atoms with van der Waals surface area (Å²) in [6, 6.07) is 4.19. The predicted molar refractivity (Wildman–Crippen MR) is 76.8 cm³/mol. The fraction of sp³-hybridized carbons (Fsp3) is 0.600. The summed E-state index contributed by atoms with van der Waals surface area (Å²) < 4.78 is 10.8. The first-order chi connectivity index (χ1) is 9.20. The number of unbranched alkanes of at least 4 members (excludes halogenated alkanes) is 1. The maximum atomic E-state index is 5.44. The molecule has 0 saturated heterocycles. The molecule has 1 aliphatic rings. The lowest BCUT2D eigenvalue weighted by Gasteiger charge is -2.18. The van der Waals surface area contributed by atoms with Crippen molar-refractivity contribution in [3.8, 4) is 11.5 Å². The number of hydrogen-bond acceptors (Lipinski definition) is 4. The quantitative estimate of drug-likeness (QED) is 0.765. The van der Waals surface area contributed by atoms with Crippen molar-refractivity contribution in [1.29, 1.82) is 0 Å².